The van der Waals surface area contributed by atoms with Gasteiger partial charge in [0.2, 0.25) is 0 Å². The predicted octanol–water partition coefficient (Wildman–Crippen LogP) is 3.85. The van der Waals surface area contributed by atoms with Crippen LogP contribution in [0.2, 0.25) is 0 Å². The Hall–Kier alpha value is -1.93. The van der Waals surface area contributed by atoms with Crippen molar-refractivity contribution in [2.75, 3.05) is 19.7 Å². The Bertz CT molecular complexity index is 764. The molecule has 27 heavy (non-hydrogen) atoms. The Balaban J connectivity index is 1.60. The van der Waals surface area contributed by atoms with Crippen molar-refractivity contribution in [2.24, 2.45) is 11.8 Å². The van der Waals surface area contributed by atoms with E-state index in [9.17, 15) is 18.0 Å². The molecule has 2 aromatic rings. The lowest BCUT2D eigenvalue weighted by Gasteiger charge is -2.20. The van der Waals surface area contributed by atoms with Crippen molar-refractivity contribution >= 4 is 17.3 Å². The molecule has 0 unspecified atom stereocenters. The Morgan fingerprint density at radius 1 is 1.30 bits per heavy atom. The molecule has 1 fully saturated rings. The largest absolute Gasteiger partial charge is 0.465 e. The van der Waals surface area contributed by atoms with Crippen molar-refractivity contribution in [1.29, 1.82) is 0 Å². The number of alkyl halides is 3. The number of aromatic nitrogens is 1. The van der Waals surface area contributed by atoms with Crippen molar-refractivity contribution in [3.05, 3.63) is 52.0 Å². The topological polar surface area (TPSA) is 42.4 Å². The molecule has 8 heteroatoms. The lowest BCUT2D eigenvalue weighted by Crippen LogP contribution is -2.35. The number of carbonyl (C=O) groups is 1. The van der Waals surface area contributed by atoms with Crippen molar-refractivity contribution in [1.82, 2.24) is 9.88 Å². The van der Waals surface area contributed by atoms with E-state index >= 15 is 0 Å². The summed E-state index contributed by atoms with van der Waals surface area (Å²) in [5.41, 5.74) is 3.48. The van der Waals surface area contributed by atoms with E-state index in [-0.39, 0.29) is 19.7 Å². The predicted molar refractivity (Wildman–Crippen MR) is 96.3 cm³/mol. The molecule has 1 aromatic carbocycles. The molecule has 1 saturated heterocycles. The molecule has 0 N–H and O–H groups in total. The second-order valence-corrected chi connectivity index (χ2v) is 7.65. The fourth-order valence-corrected chi connectivity index (χ4v) is 4.11. The third-order valence-corrected chi connectivity index (χ3v) is 5.78. The molecule has 4 nitrogen and oxygen atoms in total. The molecule has 0 radical (unpaired) electrons. The summed E-state index contributed by atoms with van der Waals surface area (Å²) in [6.07, 6.45) is -3.96. The lowest BCUT2D eigenvalue weighted by atomic mass is 9.96. The second-order valence-electron chi connectivity index (χ2n) is 6.71. The molecule has 1 aliphatic rings. The van der Waals surface area contributed by atoms with Gasteiger partial charge in [-0.25, -0.2) is 4.98 Å². The Morgan fingerprint density at radius 2 is 2.04 bits per heavy atom. The normalized spacial score (nSPS) is 20.7. The maximum atomic E-state index is 13.4. The molecular weight excluding hydrogens is 377 g/mol. The van der Waals surface area contributed by atoms with Crippen molar-refractivity contribution in [3.63, 3.8) is 0 Å². The number of hydrogen-bond donors (Lipinski definition) is 0. The Labute approximate surface area is 160 Å². The number of ether oxygens (including phenoxy) is 1. The van der Waals surface area contributed by atoms with E-state index in [4.69, 9.17) is 4.74 Å². The van der Waals surface area contributed by atoms with Crippen LogP contribution in [-0.4, -0.2) is 41.7 Å². The number of thiazole rings is 1. The number of esters is 1. The molecule has 1 aliphatic heterocycles. The van der Waals surface area contributed by atoms with Gasteiger partial charge in [-0.15, -0.1) is 11.3 Å². The van der Waals surface area contributed by atoms with Crippen LogP contribution in [-0.2, 0) is 22.5 Å². The number of rotatable bonds is 6. The highest BCUT2D eigenvalue weighted by atomic mass is 32.1. The van der Waals surface area contributed by atoms with Crippen LogP contribution < -0.4 is 0 Å². The molecule has 146 valence electrons. The van der Waals surface area contributed by atoms with Crippen molar-refractivity contribution < 1.29 is 22.7 Å². The van der Waals surface area contributed by atoms with E-state index in [1.807, 2.05) is 37.3 Å². The van der Waals surface area contributed by atoms with Crippen LogP contribution in [0.5, 0.6) is 0 Å². The van der Waals surface area contributed by atoms with Gasteiger partial charge in [0.25, 0.3) is 0 Å². The van der Waals surface area contributed by atoms with Gasteiger partial charge >= 0.3 is 12.1 Å². The van der Waals surface area contributed by atoms with Gasteiger partial charge in [0.1, 0.15) is 0 Å². The highest BCUT2D eigenvalue weighted by Gasteiger charge is 2.52. The maximum Gasteiger partial charge on any atom is 0.393 e. The highest BCUT2D eigenvalue weighted by molar-refractivity contribution is 7.09. The van der Waals surface area contributed by atoms with Gasteiger partial charge in [-0.05, 0) is 12.5 Å². The quantitative estimate of drug-likeness (QED) is 0.694. The summed E-state index contributed by atoms with van der Waals surface area (Å²) in [4.78, 5) is 19.1. The van der Waals surface area contributed by atoms with E-state index in [1.165, 1.54) is 11.3 Å². The van der Waals surface area contributed by atoms with Gasteiger partial charge in [-0.1, -0.05) is 30.3 Å². The van der Waals surface area contributed by atoms with Gasteiger partial charge < -0.3 is 4.74 Å². The second kappa shape index (κ2) is 8.39. The number of carbonyl (C=O) groups excluding carboxylic acids is 1. The van der Waals surface area contributed by atoms with Crippen molar-refractivity contribution in [3.8, 4) is 0 Å². The van der Waals surface area contributed by atoms with E-state index in [1.54, 1.807) is 10.4 Å². The SMILES string of the molecule is Cc1ncsc1CCOC(=O)[C@H]1CN(Cc2ccccc2)C[C@@H]1C(F)(F)F. The van der Waals surface area contributed by atoms with Gasteiger partial charge in [-0.3, -0.25) is 9.69 Å². The average molecular weight is 398 g/mol. The lowest BCUT2D eigenvalue weighted by molar-refractivity contribution is -0.190. The molecule has 2 atom stereocenters. The average Bonchev–Trinajstić information content (AvgIpc) is 3.22. The molecule has 0 aliphatic carbocycles. The van der Waals surface area contributed by atoms with Gasteiger partial charge in [0.05, 0.1) is 29.6 Å². The minimum Gasteiger partial charge on any atom is -0.465 e. The van der Waals surface area contributed by atoms with Crippen molar-refractivity contribution in [2.45, 2.75) is 26.1 Å². The molecule has 3 rings (SSSR count). The maximum absolute atomic E-state index is 13.4. The van der Waals surface area contributed by atoms with Crippen LogP contribution in [0.4, 0.5) is 13.2 Å². The summed E-state index contributed by atoms with van der Waals surface area (Å²) >= 11 is 1.45. The third-order valence-electron chi connectivity index (χ3n) is 4.79. The number of benzene rings is 1. The Kier molecular flexibility index (Phi) is 6.16. The zero-order chi connectivity index (χ0) is 19.4. The van der Waals surface area contributed by atoms with Crippen LogP contribution in [0, 0.1) is 18.8 Å². The fourth-order valence-electron chi connectivity index (χ4n) is 3.34. The molecule has 1 aromatic heterocycles. The van der Waals surface area contributed by atoms with E-state index in [0.717, 1.165) is 16.1 Å². The number of halogens is 3. The Morgan fingerprint density at radius 3 is 2.67 bits per heavy atom. The van der Waals surface area contributed by atoms with Gasteiger partial charge in [0.15, 0.2) is 0 Å². The minimum absolute atomic E-state index is 0.0531. The first-order valence-corrected chi connectivity index (χ1v) is 9.61. The molecular formula is C19H21F3N2O2S. The van der Waals surface area contributed by atoms with Crippen LogP contribution in [0.25, 0.3) is 0 Å². The van der Waals surface area contributed by atoms with E-state index in [2.05, 4.69) is 4.98 Å². The van der Waals surface area contributed by atoms with Crippen LogP contribution >= 0.6 is 11.3 Å². The summed E-state index contributed by atoms with van der Waals surface area (Å²) < 4.78 is 45.5. The smallest absolute Gasteiger partial charge is 0.393 e. The summed E-state index contributed by atoms with van der Waals surface area (Å²) in [5, 5.41) is 0. The van der Waals surface area contributed by atoms with Crippen LogP contribution in [0.1, 0.15) is 16.1 Å². The first-order valence-electron chi connectivity index (χ1n) is 8.73. The number of hydrogen-bond acceptors (Lipinski definition) is 5. The summed E-state index contributed by atoms with van der Waals surface area (Å²) in [5.74, 6) is -3.65. The molecule has 0 amide bonds. The molecule has 0 saturated carbocycles. The van der Waals surface area contributed by atoms with E-state index < -0.39 is 24.0 Å². The van der Waals surface area contributed by atoms with E-state index in [0.29, 0.717) is 13.0 Å². The van der Waals surface area contributed by atoms with Crippen LogP contribution in [0.15, 0.2) is 35.8 Å². The molecule has 2 heterocycles. The zero-order valence-electron chi connectivity index (χ0n) is 14.9. The summed E-state index contributed by atoms with van der Waals surface area (Å²) in [6.45, 7) is 2.17. The standard InChI is InChI=1S/C19H21F3N2O2S/c1-13-17(27-12-23-13)7-8-26-18(25)15-10-24(11-16(15)19(20,21)22)9-14-5-3-2-4-6-14/h2-6,12,15-16H,7-11H2,1H3/t15-,16-/m0/s1. The van der Waals surface area contributed by atoms with Gasteiger partial charge in [-0.2, -0.15) is 13.2 Å². The minimum atomic E-state index is -4.43. The monoisotopic (exact) mass is 398 g/mol. The summed E-state index contributed by atoms with van der Waals surface area (Å²) in [6, 6.07) is 9.29. The first kappa shape index (κ1) is 19.8. The summed E-state index contributed by atoms with van der Waals surface area (Å²) in [7, 11) is 0. The number of nitrogens with zero attached hydrogens (tertiary/aromatic N) is 2. The number of aryl methyl sites for hydroxylation is 1. The molecule has 0 spiro atoms. The zero-order valence-corrected chi connectivity index (χ0v) is 15.7. The highest BCUT2D eigenvalue weighted by Crippen LogP contribution is 2.38. The third kappa shape index (κ3) is 5.07. The molecule has 0 bridgehead atoms. The fraction of sp³-hybridized carbons (Fsp3) is 0.474. The first-order chi connectivity index (χ1) is 12.8. The van der Waals surface area contributed by atoms with Crippen LogP contribution in [0.3, 0.4) is 0 Å². The van der Waals surface area contributed by atoms with Gasteiger partial charge in [0, 0.05) is 30.9 Å². The number of likely N-dealkylation sites (tertiary alicyclic amines) is 1.